The molecule has 0 atom stereocenters. The number of para-hydroxylation sites is 2. The minimum atomic E-state index is 0.635. The van der Waals surface area contributed by atoms with Crippen LogP contribution in [0.25, 0.3) is 84.2 Å². The lowest BCUT2D eigenvalue weighted by Crippen LogP contribution is -2.01. The van der Waals surface area contributed by atoms with Crippen LogP contribution in [-0.4, -0.2) is 29.5 Å². The maximum Gasteiger partial charge on any atom is 0.164 e. The minimum Gasteiger partial charge on any atom is -0.292 e. The van der Waals surface area contributed by atoms with Crippen LogP contribution in [0.1, 0.15) is 0 Å². The van der Waals surface area contributed by atoms with Gasteiger partial charge in [0.15, 0.2) is 17.5 Å². The Morgan fingerprint density at radius 1 is 0.388 bits per heavy atom. The van der Waals surface area contributed by atoms with E-state index < -0.39 is 0 Å². The molecule has 9 aromatic rings. The highest BCUT2D eigenvalue weighted by Gasteiger charge is 2.18. The molecule has 6 heteroatoms. The van der Waals surface area contributed by atoms with Crippen LogP contribution in [0.3, 0.4) is 0 Å². The summed E-state index contributed by atoms with van der Waals surface area (Å²) in [5.74, 6) is 2.79. The average molecular weight is 629 g/mol. The van der Waals surface area contributed by atoms with Crippen LogP contribution in [0.4, 0.5) is 0 Å². The summed E-state index contributed by atoms with van der Waals surface area (Å²) in [5.41, 5.74) is 9.09. The fourth-order valence-electron chi connectivity index (χ4n) is 6.47. The molecule has 0 aliphatic rings. The molecule has 230 valence electrons. The van der Waals surface area contributed by atoms with E-state index in [1.807, 2.05) is 78.9 Å². The lowest BCUT2D eigenvalue weighted by atomic mass is 9.94. The molecule has 0 N–H and O–H groups in total. The molecule has 0 aliphatic heterocycles. The SMILES string of the molecule is c1ccc(-c2nc(-c3ccccc3)nc(-c3ccc(-c4cccc(-n5c(-c6ccncc6)nc6ccccc65)c4)c4ccccc34)n2)cc1. The summed E-state index contributed by atoms with van der Waals surface area (Å²) >= 11 is 0. The Morgan fingerprint density at radius 2 is 0.959 bits per heavy atom. The molecule has 0 amide bonds. The average Bonchev–Trinajstić information content (AvgIpc) is 3.58. The van der Waals surface area contributed by atoms with E-state index in [-0.39, 0.29) is 0 Å². The van der Waals surface area contributed by atoms with Gasteiger partial charge in [0, 0.05) is 40.3 Å². The molecule has 6 nitrogen and oxygen atoms in total. The first-order valence-corrected chi connectivity index (χ1v) is 16.2. The summed E-state index contributed by atoms with van der Waals surface area (Å²) in [4.78, 5) is 24.2. The van der Waals surface area contributed by atoms with Gasteiger partial charge in [-0.1, -0.05) is 115 Å². The largest absolute Gasteiger partial charge is 0.292 e. The Labute approximate surface area is 283 Å². The molecule has 0 bridgehead atoms. The van der Waals surface area contributed by atoms with E-state index in [1.165, 1.54) is 0 Å². The second-order valence-electron chi connectivity index (χ2n) is 11.8. The standard InChI is InChI=1S/C43H28N6/c1-3-12-29(13-4-1)40-46-41(30-14-5-2-6-15-30)48-42(47-40)37-23-22-34(35-18-7-8-19-36(35)37)32-16-11-17-33(28-32)49-39-21-10-9-20-38(39)45-43(49)31-24-26-44-27-25-31/h1-28H. The van der Waals surface area contributed by atoms with Crippen molar-refractivity contribution < 1.29 is 0 Å². The fourth-order valence-corrected chi connectivity index (χ4v) is 6.47. The van der Waals surface area contributed by atoms with Gasteiger partial charge >= 0.3 is 0 Å². The van der Waals surface area contributed by atoms with E-state index in [9.17, 15) is 0 Å². The minimum absolute atomic E-state index is 0.635. The van der Waals surface area contributed by atoms with Crippen molar-refractivity contribution in [3.63, 3.8) is 0 Å². The van der Waals surface area contributed by atoms with Crippen molar-refractivity contribution in [1.29, 1.82) is 0 Å². The number of nitrogens with zero attached hydrogens (tertiary/aromatic N) is 6. The van der Waals surface area contributed by atoms with E-state index in [1.54, 1.807) is 12.4 Å². The number of aromatic nitrogens is 6. The molecular formula is C43H28N6. The van der Waals surface area contributed by atoms with Crippen LogP contribution in [0.15, 0.2) is 170 Å². The second-order valence-corrected chi connectivity index (χ2v) is 11.8. The molecule has 6 aromatic carbocycles. The zero-order chi connectivity index (χ0) is 32.6. The summed E-state index contributed by atoms with van der Waals surface area (Å²) in [7, 11) is 0. The molecule has 0 unspecified atom stereocenters. The lowest BCUT2D eigenvalue weighted by Gasteiger charge is -2.15. The van der Waals surface area contributed by atoms with Crippen molar-refractivity contribution in [3.8, 4) is 62.4 Å². The van der Waals surface area contributed by atoms with Gasteiger partial charge in [0.25, 0.3) is 0 Å². The lowest BCUT2D eigenvalue weighted by molar-refractivity contribution is 1.08. The zero-order valence-corrected chi connectivity index (χ0v) is 26.3. The first kappa shape index (κ1) is 28.4. The van der Waals surface area contributed by atoms with E-state index in [2.05, 4.69) is 88.4 Å². The topological polar surface area (TPSA) is 69.4 Å². The smallest absolute Gasteiger partial charge is 0.164 e. The maximum atomic E-state index is 5.03. The maximum absolute atomic E-state index is 5.03. The van der Waals surface area contributed by atoms with E-state index >= 15 is 0 Å². The summed E-state index contributed by atoms with van der Waals surface area (Å²) in [6.45, 7) is 0. The van der Waals surface area contributed by atoms with Crippen molar-refractivity contribution in [2.45, 2.75) is 0 Å². The van der Waals surface area contributed by atoms with Gasteiger partial charge in [0.2, 0.25) is 0 Å². The molecule has 0 aliphatic carbocycles. The van der Waals surface area contributed by atoms with Crippen molar-refractivity contribution in [2.75, 3.05) is 0 Å². The molecule has 49 heavy (non-hydrogen) atoms. The van der Waals surface area contributed by atoms with Crippen molar-refractivity contribution in [3.05, 3.63) is 170 Å². The van der Waals surface area contributed by atoms with E-state index in [0.29, 0.717) is 17.5 Å². The molecule has 0 fully saturated rings. The van der Waals surface area contributed by atoms with Gasteiger partial charge < -0.3 is 0 Å². The number of fused-ring (bicyclic) bond motifs is 2. The van der Waals surface area contributed by atoms with Gasteiger partial charge in [0.1, 0.15) is 5.82 Å². The van der Waals surface area contributed by atoms with Gasteiger partial charge in [-0.15, -0.1) is 0 Å². The van der Waals surface area contributed by atoms with Crippen LogP contribution in [0, 0.1) is 0 Å². The number of benzene rings is 6. The number of pyridine rings is 1. The number of hydrogen-bond donors (Lipinski definition) is 0. The van der Waals surface area contributed by atoms with Crippen LogP contribution in [0.5, 0.6) is 0 Å². The second kappa shape index (κ2) is 12.1. The Morgan fingerprint density at radius 3 is 1.67 bits per heavy atom. The summed E-state index contributed by atoms with van der Waals surface area (Å²) in [6, 6.07) is 53.9. The van der Waals surface area contributed by atoms with Gasteiger partial charge in [-0.2, -0.15) is 0 Å². The summed E-state index contributed by atoms with van der Waals surface area (Å²) < 4.78 is 2.23. The van der Waals surface area contributed by atoms with E-state index in [4.69, 9.17) is 19.9 Å². The molecule has 0 saturated carbocycles. The van der Waals surface area contributed by atoms with Gasteiger partial charge in [-0.3, -0.25) is 9.55 Å². The van der Waals surface area contributed by atoms with Crippen LogP contribution < -0.4 is 0 Å². The first-order chi connectivity index (χ1) is 24.3. The predicted octanol–water partition coefficient (Wildman–Crippen LogP) is 10.1. The predicted molar refractivity (Wildman–Crippen MR) is 197 cm³/mol. The highest BCUT2D eigenvalue weighted by Crippen LogP contribution is 2.37. The van der Waals surface area contributed by atoms with Crippen LogP contribution in [0.2, 0.25) is 0 Å². The third-order valence-corrected chi connectivity index (χ3v) is 8.78. The van der Waals surface area contributed by atoms with Crippen LogP contribution in [-0.2, 0) is 0 Å². The monoisotopic (exact) mass is 628 g/mol. The van der Waals surface area contributed by atoms with Crippen molar-refractivity contribution >= 4 is 21.8 Å². The Kier molecular flexibility index (Phi) is 7.02. The third kappa shape index (κ3) is 5.22. The summed E-state index contributed by atoms with van der Waals surface area (Å²) in [5, 5.41) is 2.19. The number of hydrogen-bond acceptors (Lipinski definition) is 5. The zero-order valence-electron chi connectivity index (χ0n) is 26.3. The molecule has 0 radical (unpaired) electrons. The number of imidazole rings is 1. The molecule has 0 saturated heterocycles. The molecule has 3 heterocycles. The van der Waals surface area contributed by atoms with E-state index in [0.717, 1.165) is 66.7 Å². The third-order valence-electron chi connectivity index (χ3n) is 8.78. The fraction of sp³-hybridized carbons (Fsp3) is 0. The van der Waals surface area contributed by atoms with Crippen molar-refractivity contribution in [2.24, 2.45) is 0 Å². The highest BCUT2D eigenvalue weighted by atomic mass is 15.1. The molecular weight excluding hydrogens is 601 g/mol. The quantitative estimate of drug-likeness (QED) is 0.183. The molecule has 9 rings (SSSR count). The Bertz CT molecular complexity index is 2540. The Balaban J connectivity index is 1.21. The van der Waals surface area contributed by atoms with Gasteiger partial charge in [0.05, 0.1) is 11.0 Å². The normalized spacial score (nSPS) is 11.3. The van der Waals surface area contributed by atoms with Crippen molar-refractivity contribution in [1.82, 2.24) is 29.5 Å². The van der Waals surface area contributed by atoms with Gasteiger partial charge in [-0.05, 0) is 64.4 Å². The van der Waals surface area contributed by atoms with Crippen LogP contribution >= 0.6 is 0 Å². The highest BCUT2D eigenvalue weighted by molar-refractivity contribution is 6.04. The molecule has 3 aromatic heterocycles. The first-order valence-electron chi connectivity index (χ1n) is 16.2. The van der Waals surface area contributed by atoms with Gasteiger partial charge in [-0.25, -0.2) is 19.9 Å². The Hall–Kier alpha value is -6.79. The number of rotatable bonds is 6. The molecule has 0 spiro atoms. The summed E-state index contributed by atoms with van der Waals surface area (Å²) in [6.07, 6.45) is 3.61.